The van der Waals surface area contributed by atoms with Gasteiger partial charge >= 0.3 is 0 Å². The molecule has 148 valence electrons. The number of hydrogen-bond acceptors (Lipinski definition) is 3. The monoisotopic (exact) mass is 398 g/mol. The molecule has 0 aromatic heterocycles. The second-order valence-corrected chi connectivity index (χ2v) is 9.73. The predicted octanol–water partition coefficient (Wildman–Crippen LogP) is 3.73. The number of rotatable bonds is 3. The van der Waals surface area contributed by atoms with Crippen molar-refractivity contribution in [1.82, 2.24) is 5.32 Å². The van der Waals surface area contributed by atoms with Crippen LogP contribution < -0.4 is 9.62 Å². The van der Waals surface area contributed by atoms with Crippen molar-refractivity contribution in [3.8, 4) is 0 Å². The number of benzene rings is 2. The van der Waals surface area contributed by atoms with Crippen molar-refractivity contribution in [3.05, 3.63) is 64.7 Å². The molecule has 5 nitrogen and oxygen atoms in total. The molecule has 28 heavy (non-hydrogen) atoms. The summed E-state index contributed by atoms with van der Waals surface area (Å²) in [5.74, 6) is 0.0132. The lowest BCUT2D eigenvalue weighted by molar-refractivity contribution is 0.0932. The SMILES string of the molecule is Cc1ccc(C(=O)N[C@H]2CCCc3ccccc32)cc1N1CCCCS1(=O)=O. The molecular weight excluding hydrogens is 372 g/mol. The van der Waals surface area contributed by atoms with Gasteiger partial charge in [-0.3, -0.25) is 9.10 Å². The zero-order valence-corrected chi connectivity index (χ0v) is 17.0. The smallest absolute Gasteiger partial charge is 0.251 e. The highest BCUT2D eigenvalue weighted by molar-refractivity contribution is 7.92. The molecule has 1 aliphatic carbocycles. The molecule has 0 saturated carbocycles. The van der Waals surface area contributed by atoms with Gasteiger partial charge in [0, 0.05) is 12.1 Å². The van der Waals surface area contributed by atoms with Gasteiger partial charge in [0.2, 0.25) is 10.0 Å². The van der Waals surface area contributed by atoms with Gasteiger partial charge in [-0.1, -0.05) is 30.3 Å². The van der Waals surface area contributed by atoms with Crippen LogP contribution in [-0.4, -0.2) is 26.6 Å². The van der Waals surface area contributed by atoms with E-state index in [-0.39, 0.29) is 17.7 Å². The summed E-state index contributed by atoms with van der Waals surface area (Å²) in [6.07, 6.45) is 4.55. The third-order valence-electron chi connectivity index (χ3n) is 5.76. The van der Waals surface area contributed by atoms with Crippen LogP contribution in [0.3, 0.4) is 0 Å². The highest BCUT2D eigenvalue weighted by atomic mass is 32.2. The third kappa shape index (κ3) is 3.65. The quantitative estimate of drug-likeness (QED) is 0.857. The summed E-state index contributed by atoms with van der Waals surface area (Å²) in [5.41, 5.74) is 4.47. The van der Waals surface area contributed by atoms with Crippen molar-refractivity contribution in [2.45, 2.75) is 45.1 Å². The molecule has 0 radical (unpaired) electrons. The summed E-state index contributed by atoms with van der Waals surface area (Å²) in [6.45, 7) is 2.36. The number of fused-ring (bicyclic) bond motifs is 1. The first-order chi connectivity index (χ1) is 13.5. The Morgan fingerprint density at radius 1 is 1.11 bits per heavy atom. The Kier molecular flexibility index (Phi) is 5.15. The van der Waals surface area contributed by atoms with Crippen LogP contribution in [0.25, 0.3) is 0 Å². The van der Waals surface area contributed by atoms with Crippen molar-refractivity contribution < 1.29 is 13.2 Å². The van der Waals surface area contributed by atoms with E-state index in [0.717, 1.165) is 31.2 Å². The summed E-state index contributed by atoms with van der Waals surface area (Å²) in [4.78, 5) is 13.0. The van der Waals surface area contributed by atoms with E-state index in [1.807, 2.05) is 25.1 Å². The first-order valence-electron chi connectivity index (χ1n) is 9.95. The Balaban J connectivity index is 1.59. The molecule has 1 heterocycles. The maximum Gasteiger partial charge on any atom is 0.251 e. The minimum Gasteiger partial charge on any atom is -0.345 e. The minimum absolute atomic E-state index is 0.000854. The largest absolute Gasteiger partial charge is 0.345 e. The minimum atomic E-state index is -3.31. The maximum absolute atomic E-state index is 13.0. The van der Waals surface area contributed by atoms with Gasteiger partial charge in [0.05, 0.1) is 17.5 Å². The van der Waals surface area contributed by atoms with Crippen molar-refractivity contribution >= 4 is 21.6 Å². The van der Waals surface area contributed by atoms with Crippen LogP contribution in [0.1, 0.15) is 58.8 Å². The predicted molar refractivity (Wildman–Crippen MR) is 111 cm³/mol. The summed E-state index contributed by atoms with van der Waals surface area (Å²) >= 11 is 0. The van der Waals surface area contributed by atoms with Crippen molar-refractivity contribution in [3.63, 3.8) is 0 Å². The van der Waals surface area contributed by atoms with E-state index in [4.69, 9.17) is 0 Å². The van der Waals surface area contributed by atoms with Crippen LogP contribution >= 0.6 is 0 Å². The fourth-order valence-electron chi connectivity index (χ4n) is 4.22. The lowest BCUT2D eigenvalue weighted by Crippen LogP contribution is -2.38. The summed E-state index contributed by atoms with van der Waals surface area (Å²) < 4.78 is 26.5. The second kappa shape index (κ2) is 7.59. The van der Waals surface area contributed by atoms with E-state index in [9.17, 15) is 13.2 Å². The molecule has 1 N–H and O–H groups in total. The number of carbonyl (C=O) groups excluding carboxylic acids is 1. The van der Waals surface area contributed by atoms with E-state index in [0.29, 0.717) is 24.2 Å². The fourth-order valence-corrected chi connectivity index (χ4v) is 5.92. The molecule has 0 bridgehead atoms. The molecule has 2 aromatic carbocycles. The number of anilines is 1. The summed E-state index contributed by atoms with van der Waals surface area (Å²) in [5, 5.41) is 3.15. The zero-order valence-electron chi connectivity index (χ0n) is 16.1. The van der Waals surface area contributed by atoms with E-state index in [1.165, 1.54) is 15.4 Å². The molecule has 1 amide bonds. The number of aryl methyl sites for hydroxylation is 2. The lowest BCUT2D eigenvalue weighted by atomic mass is 9.87. The lowest BCUT2D eigenvalue weighted by Gasteiger charge is -2.30. The van der Waals surface area contributed by atoms with E-state index >= 15 is 0 Å². The number of hydrogen-bond donors (Lipinski definition) is 1. The number of carbonyl (C=O) groups is 1. The molecule has 0 unspecified atom stereocenters. The molecule has 2 aromatic rings. The first-order valence-corrected chi connectivity index (χ1v) is 11.6. The van der Waals surface area contributed by atoms with Gasteiger partial charge in [-0.25, -0.2) is 8.42 Å². The van der Waals surface area contributed by atoms with Crippen LogP contribution in [0.15, 0.2) is 42.5 Å². The van der Waals surface area contributed by atoms with Gasteiger partial charge in [0.1, 0.15) is 0 Å². The van der Waals surface area contributed by atoms with Gasteiger partial charge in [0.15, 0.2) is 0 Å². The van der Waals surface area contributed by atoms with Gasteiger partial charge in [-0.2, -0.15) is 0 Å². The van der Waals surface area contributed by atoms with Crippen LogP contribution in [-0.2, 0) is 16.4 Å². The molecular formula is C22H26N2O3S. The van der Waals surface area contributed by atoms with Gasteiger partial charge < -0.3 is 5.32 Å². The van der Waals surface area contributed by atoms with Crippen LogP contribution in [0.2, 0.25) is 0 Å². The third-order valence-corrected chi connectivity index (χ3v) is 7.62. The Morgan fingerprint density at radius 3 is 2.75 bits per heavy atom. The van der Waals surface area contributed by atoms with Gasteiger partial charge in [-0.15, -0.1) is 0 Å². The topological polar surface area (TPSA) is 66.5 Å². The van der Waals surface area contributed by atoms with E-state index in [2.05, 4.69) is 17.4 Å². The number of amides is 1. The standard InChI is InChI=1S/C22H26N2O3S/c1-16-11-12-18(15-21(16)24-13-4-5-14-28(24,26)27)22(25)23-20-10-6-8-17-7-2-3-9-19(17)20/h2-3,7,9,11-12,15,20H,4-6,8,10,13-14H2,1H3,(H,23,25)/t20-/m0/s1. The van der Waals surface area contributed by atoms with Crippen LogP contribution in [0, 0.1) is 6.92 Å². The average Bonchev–Trinajstić information content (AvgIpc) is 2.69. The number of nitrogens with zero attached hydrogens (tertiary/aromatic N) is 1. The maximum atomic E-state index is 13.0. The highest BCUT2D eigenvalue weighted by Gasteiger charge is 2.28. The average molecular weight is 399 g/mol. The molecule has 0 spiro atoms. The summed E-state index contributed by atoms with van der Waals surface area (Å²) in [7, 11) is -3.31. The molecule has 4 rings (SSSR count). The van der Waals surface area contributed by atoms with E-state index < -0.39 is 10.0 Å². The fraction of sp³-hybridized carbons (Fsp3) is 0.409. The van der Waals surface area contributed by atoms with Crippen LogP contribution in [0.4, 0.5) is 5.69 Å². The zero-order chi connectivity index (χ0) is 19.7. The second-order valence-electron chi connectivity index (χ2n) is 7.71. The highest BCUT2D eigenvalue weighted by Crippen LogP contribution is 2.31. The Labute approximate surface area is 166 Å². The van der Waals surface area contributed by atoms with Gasteiger partial charge in [0.25, 0.3) is 5.91 Å². The molecule has 1 aliphatic heterocycles. The van der Waals surface area contributed by atoms with E-state index in [1.54, 1.807) is 12.1 Å². The summed E-state index contributed by atoms with van der Waals surface area (Å²) in [6, 6.07) is 13.6. The Morgan fingerprint density at radius 2 is 1.93 bits per heavy atom. The van der Waals surface area contributed by atoms with Gasteiger partial charge in [-0.05, 0) is 67.9 Å². The number of nitrogens with one attached hydrogen (secondary N) is 1. The molecule has 1 atom stereocenters. The molecule has 6 heteroatoms. The van der Waals surface area contributed by atoms with Crippen molar-refractivity contribution in [2.24, 2.45) is 0 Å². The van der Waals surface area contributed by atoms with Crippen LogP contribution in [0.5, 0.6) is 0 Å². The molecule has 1 fully saturated rings. The Hall–Kier alpha value is -2.34. The Bertz CT molecular complexity index is 1000. The normalized spacial score (nSPS) is 21.0. The number of sulfonamides is 1. The first kappa shape index (κ1) is 19.0. The van der Waals surface area contributed by atoms with Crippen molar-refractivity contribution in [2.75, 3.05) is 16.6 Å². The van der Waals surface area contributed by atoms with Crippen molar-refractivity contribution in [1.29, 1.82) is 0 Å². The molecule has 1 saturated heterocycles. The molecule has 2 aliphatic rings.